The molecule has 0 bridgehead atoms. The third-order valence-electron chi connectivity index (χ3n) is 3.51. The summed E-state index contributed by atoms with van der Waals surface area (Å²) in [5.74, 6) is -0.00134. The molecule has 0 aromatic heterocycles. The second kappa shape index (κ2) is 6.03. The summed E-state index contributed by atoms with van der Waals surface area (Å²) in [5.41, 5.74) is 1.95. The molecule has 1 fully saturated rings. The van der Waals surface area contributed by atoms with Crippen molar-refractivity contribution in [3.05, 3.63) is 28.2 Å². The Balaban J connectivity index is 1.87. The lowest BCUT2D eigenvalue weighted by Crippen LogP contribution is -2.47. The monoisotopic (exact) mass is 325 g/mol. The van der Waals surface area contributed by atoms with Crippen LogP contribution in [0.3, 0.4) is 0 Å². The summed E-state index contributed by atoms with van der Waals surface area (Å²) < 4.78 is 1.02. The average molecular weight is 326 g/mol. The van der Waals surface area contributed by atoms with E-state index in [1.807, 2.05) is 25.1 Å². The number of anilines is 1. The number of nitrogens with one attached hydrogen (secondary N) is 3. The normalized spacial score (nSPS) is 22.5. The van der Waals surface area contributed by atoms with Crippen LogP contribution in [-0.2, 0) is 4.79 Å². The molecule has 104 valence electrons. The molecule has 1 saturated heterocycles. The fourth-order valence-corrected chi connectivity index (χ4v) is 2.70. The first-order chi connectivity index (χ1) is 8.98. The smallest absolute Gasteiger partial charge is 0.238 e. The first-order valence-corrected chi connectivity index (χ1v) is 7.30. The fourth-order valence-electron chi connectivity index (χ4n) is 2.22. The van der Waals surface area contributed by atoms with Crippen LogP contribution in [0.2, 0.25) is 0 Å². The van der Waals surface area contributed by atoms with Crippen molar-refractivity contribution in [1.29, 1.82) is 0 Å². The zero-order valence-electron chi connectivity index (χ0n) is 11.3. The van der Waals surface area contributed by atoms with E-state index in [-0.39, 0.29) is 11.4 Å². The Morgan fingerprint density at radius 1 is 1.53 bits per heavy atom. The molecule has 1 heterocycles. The van der Waals surface area contributed by atoms with Gasteiger partial charge in [-0.15, -0.1) is 0 Å². The molecule has 5 heteroatoms. The number of carbonyl (C=O) groups is 1. The Morgan fingerprint density at radius 3 is 2.95 bits per heavy atom. The second-order valence-corrected chi connectivity index (χ2v) is 6.26. The molecular weight excluding hydrogens is 306 g/mol. The Bertz CT molecular complexity index is 470. The molecule has 2 rings (SSSR count). The summed E-state index contributed by atoms with van der Waals surface area (Å²) in [7, 11) is 0. The third-order valence-corrected chi connectivity index (χ3v) is 4.00. The van der Waals surface area contributed by atoms with Crippen molar-refractivity contribution in [2.75, 3.05) is 25.0 Å². The zero-order chi connectivity index (χ0) is 13.9. The first kappa shape index (κ1) is 14.5. The van der Waals surface area contributed by atoms with E-state index in [1.165, 1.54) is 0 Å². The van der Waals surface area contributed by atoms with E-state index in [2.05, 4.69) is 38.8 Å². The van der Waals surface area contributed by atoms with E-state index >= 15 is 0 Å². The van der Waals surface area contributed by atoms with Gasteiger partial charge in [0.15, 0.2) is 0 Å². The molecule has 0 spiro atoms. The minimum absolute atomic E-state index is 0.00134. The van der Waals surface area contributed by atoms with Gasteiger partial charge in [0.25, 0.3) is 0 Å². The van der Waals surface area contributed by atoms with Gasteiger partial charge in [-0.3, -0.25) is 4.79 Å². The van der Waals surface area contributed by atoms with Crippen LogP contribution in [0.4, 0.5) is 5.69 Å². The summed E-state index contributed by atoms with van der Waals surface area (Å²) in [4.78, 5) is 11.9. The van der Waals surface area contributed by atoms with Gasteiger partial charge in [0.2, 0.25) is 5.91 Å². The molecule has 19 heavy (non-hydrogen) atoms. The Kier molecular flexibility index (Phi) is 4.60. The molecule has 3 N–H and O–H groups in total. The molecule has 1 amide bonds. The number of halogens is 1. The molecule has 1 atom stereocenters. The zero-order valence-corrected chi connectivity index (χ0v) is 12.9. The number of aryl methyl sites for hydroxylation is 1. The summed E-state index contributed by atoms with van der Waals surface area (Å²) in [6.45, 7) is 6.39. The first-order valence-electron chi connectivity index (χ1n) is 6.50. The van der Waals surface area contributed by atoms with E-state index in [9.17, 15) is 4.79 Å². The number of hydrogen-bond acceptors (Lipinski definition) is 3. The van der Waals surface area contributed by atoms with Crippen molar-refractivity contribution in [2.45, 2.75) is 25.8 Å². The van der Waals surface area contributed by atoms with Crippen LogP contribution >= 0.6 is 15.9 Å². The predicted molar refractivity (Wildman–Crippen MR) is 81.4 cm³/mol. The SMILES string of the molecule is Cc1cc(Br)ccc1NC(=O)CNC1(C)CCNC1. The summed E-state index contributed by atoms with van der Waals surface area (Å²) in [6, 6.07) is 5.83. The highest BCUT2D eigenvalue weighted by Crippen LogP contribution is 2.20. The van der Waals surface area contributed by atoms with Gasteiger partial charge in [-0.2, -0.15) is 0 Å². The van der Waals surface area contributed by atoms with E-state index in [4.69, 9.17) is 0 Å². The summed E-state index contributed by atoms with van der Waals surface area (Å²) >= 11 is 3.41. The molecule has 1 aliphatic rings. The van der Waals surface area contributed by atoms with E-state index < -0.39 is 0 Å². The van der Waals surface area contributed by atoms with Crippen LogP contribution in [0.1, 0.15) is 18.9 Å². The molecule has 0 saturated carbocycles. The van der Waals surface area contributed by atoms with E-state index in [0.29, 0.717) is 6.54 Å². The molecule has 1 aromatic rings. The minimum atomic E-state index is -0.00134. The summed E-state index contributed by atoms with van der Waals surface area (Å²) in [5, 5.41) is 9.56. The highest BCUT2D eigenvalue weighted by molar-refractivity contribution is 9.10. The highest BCUT2D eigenvalue weighted by Gasteiger charge is 2.28. The van der Waals surface area contributed by atoms with Crippen molar-refractivity contribution in [2.24, 2.45) is 0 Å². The predicted octanol–water partition coefficient (Wildman–Crippen LogP) is 2.04. The molecule has 1 aromatic carbocycles. The van der Waals surface area contributed by atoms with Crippen LogP contribution in [0.15, 0.2) is 22.7 Å². The summed E-state index contributed by atoms with van der Waals surface area (Å²) in [6.07, 6.45) is 1.05. The number of amides is 1. The van der Waals surface area contributed by atoms with Gasteiger partial charge in [0.05, 0.1) is 6.54 Å². The number of hydrogen-bond donors (Lipinski definition) is 3. The van der Waals surface area contributed by atoms with Gasteiger partial charge >= 0.3 is 0 Å². The van der Waals surface area contributed by atoms with Crippen molar-refractivity contribution in [3.8, 4) is 0 Å². The lowest BCUT2D eigenvalue weighted by atomic mass is 10.0. The quantitative estimate of drug-likeness (QED) is 0.794. The van der Waals surface area contributed by atoms with E-state index in [0.717, 1.165) is 35.2 Å². The van der Waals surface area contributed by atoms with Crippen LogP contribution in [-0.4, -0.2) is 31.1 Å². The molecule has 4 nitrogen and oxygen atoms in total. The topological polar surface area (TPSA) is 53.2 Å². The van der Waals surface area contributed by atoms with Gasteiger partial charge in [0.1, 0.15) is 0 Å². The number of carbonyl (C=O) groups excluding carboxylic acids is 1. The van der Waals surface area contributed by atoms with E-state index in [1.54, 1.807) is 0 Å². The van der Waals surface area contributed by atoms with Gasteiger partial charge in [-0.1, -0.05) is 15.9 Å². The van der Waals surface area contributed by atoms with Gasteiger partial charge in [-0.25, -0.2) is 0 Å². The minimum Gasteiger partial charge on any atom is -0.325 e. The molecule has 1 unspecified atom stereocenters. The van der Waals surface area contributed by atoms with Crippen LogP contribution in [0.25, 0.3) is 0 Å². The molecule has 0 radical (unpaired) electrons. The Hall–Kier alpha value is -0.910. The van der Waals surface area contributed by atoms with Crippen LogP contribution < -0.4 is 16.0 Å². The Labute approximate surface area is 122 Å². The number of rotatable bonds is 4. The van der Waals surface area contributed by atoms with Crippen LogP contribution in [0, 0.1) is 6.92 Å². The van der Waals surface area contributed by atoms with Crippen molar-refractivity contribution in [3.63, 3.8) is 0 Å². The van der Waals surface area contributed by atoms with Crippen molar-refractivity contribution < 1.29 is 4.79 Å². The molecule has 1 aliphatic heterocycles. The van der Waals surface area contributed by atoms with Gasteiger partial charge in [-0.05, 0) is 50.6 Å². The van der Waals surface area contributed by atoms with Crippen molar-refractivity contribution in [1.82, 2.24) is 10.6 Å². The fraction of sp³-hybridized carbons (Fsp3) is 0.500. The Morgan fingerprint density at radius 2 is 2.32 bits per heavy atom. The standard InChI is InChI=1S/C14H20BrN3O/c1-10-7-11(15)3-4-12(10)18-13(19)8-17-14(2)5-6-16-9-14/h3-4,7,16-17H,5-6,8-9H2,1-2H3,(H,18,19). The number of benzene rings is 1. The second-order valence-electron chi connectivity index (χ2n) is 5.35. The molecule has 0 aliphatic carbocycles. The lowest BCUT2D eigenvalue weighted by Gasteiger charge is -2.24. The van der Waals surface area contributed by atoms with Crippen molar-refractivity contribution >= 4 is 27.5 Å². The third kappa shape index (κ3) is 4.03. The molecular formula is C14H20BrN3O. The maximum Gasteiger partial charge on any atom is 0.238 e. The maximum absolute atomic E-state index is 11.9. The highest BCUT2D eigenvalue weighted by atomic mass is 79.9. The maximum atomic E-state index is 11.9. The average Bonchev–Trinajstić information content (AvgIpc) is 2.78. The van der Waals surface area contributed by atoms with Gasteiger partial charge in [0, 0.05) is 22.2 Å². The lowest BCUT2D eigenvalue weighted by molar-refractivity contribution is -0.115. The van der Waals surface area contributed by atoms with Crippen LogP contribution in [0.5, 0.6) is 0 Å². The largest absolute Gasteiger partial charge is 0.325 e. The van der Waals surface area contributed by atoms with Gasteiger partial charge < -0.3 is 16.0 Å².